The van der Waals surface area contributed by atoms with Crippen LogP contribution in [0.1, 0.15) is 6.92 Å². The number of rotatable bonds is 5. The minimum atomic E-state index is -2.94. The molecule has 0 radical (unpaired) electrons. The van der Waals surface area contributed by atoms with Crippen LogP contribution in [0.25, 0.3) is 0 Å². The molecule has 19 heavy (non-hydrogen) atoms. The molecule has 3 nitrogen and oxygen atoms in total. The van der Waals surface area contributed by atoms with Gasteiger partial charge in [-0.1, -0.05) is 29.8 Å². The molecule has 0 saturated carbocycles. The van der Waals surface area contributed by atoms with Crippen molar-refractivity contribution in [2.45, 2.75) is 13.5 Å². The first-order valence-corrected chi connectivity index (χ1v) is 5.75. The molecule has 1 N–H and O–H groups in total. The molecule has 0 unspecified atom stereocenters. The number of benzene rings is 1. The van der Waals surface area contributed by atoms with Gasteiger partial charge in [-0.05, 0) is 25.1 Å². The van der Waals surface area contributed by atoms with E-state index in [-0.39, 0.29) is 16.7 Å². The van der Waals surface area contributed by atoms with Crippen molar-refractivity contribution >= 4 is 23.2 Å². The van der Waals surface area contributed by atoms with E-state index in [1.807, 2.05) is 6.92 Å². The van der Waals surface area contributed by atoms with Gasteiger partial charge in [0.2, 0.25) is 5.91 Å². The van der Waals surface area contributed by atoms with Gasteiger partial charge in [-0.15, -0.1) is 0 Å². The summed E-state index contributed by atoms with van der Waals surface area (Å²) >= 11 is 5.74. The van der Waals surface area contributed by atoms with E-state index in [4.69, 9.17) is 11.6 Å². The highest BCUT2D eigenvalue weighted by atomic mass is 35.5. The number of carbonyl (C=O) groups is 1. The summed E-state index contributed by atoms with van der Waals surface area (Å²) < 4.78 is 28.2. The fourth-order valence-corrected chi connectivity index (χ4v) is 1.43. The van der Waals surface area contributed by atoms with Crippen molar-refractivity contribution < 1.29 is 18.3 Å². The van der Waals surface area contributed by atoms with Crippen LogP contribution in [0.2, 0.25) is 5.02 Å². The van der Waals surface area contributed by atoms with E-state index in [1.54, 1.807) is 18.2 Å². The number of carbonyl (C=O) groups excluding carboxylic acids is 1. The summed E-state index contributed by atoms with van der Waals surface area (Å²) in [6.45, 7) is -1.12. The minimum Gasteiger partial charge on any atom is -0.433 e. The second kappa shape index (κ2) is 7.53. The molecule has 0 spiro atoms. The zero-order valence-corrected chi connectivity index (χ0v) is 10.8. The monoisotopic (exact) mass is 287 g/mol. The van der Waals surface area contributed by atoms with Crippen molar-refractivity contribution in [2.24, 2.45) is 0 Å². The fourth-order valence-electron chi connectivity index (χ4n) is 1.21. The van der Waals surface area contributed by atoms with Crippen LogP contribution in [-0.2, 0) is 4.79 Å². The average molecular weight is 288 g/mol. The lowest BCUT2D eigenvalue weighted by molar-refractivity contribution is -0.111. The van der Waals surface area contributed by atoms with Crippen LogP contribution < -0.4 is 10.1 Å². The summed E-state index contributed by atoms with van der Waals surface area (Å²) in [6.07, 6.45) is 6.38. The number of ether oxygens (including phenoxy) is 1. The Morgan fingerprint density at radius 3 is 2.74 bits per heavy atom. The maximum atomic E-state index is 12.0. The zero-order chi connectivity index (χ0) is 14.3. The van der Waals surface area contributed by atoms with Gasteiger partial charge in [-0.3, -0.25) is 4.79 Å². The third-order valence-corrected chi connectivity index (χ3v) is 2.26. The fraction of sp³-hybridized carbons (Fsp3) is 0.154. The van der Waals surface area contributed by atoms with E-state index in [1.165, 1.54) is 24.3 Å². The van der Waals surface area contributed by atoms with Gasteiger partial charge < -0.3 is 10.1 Å². The summed E-state index contributed by atoms with van der Waals surface area (Å²) in [7, 11) is 0. The molecule has 0 saturated heterocycles. The number of nitrogens with one attached hydrogen (secondary N) is 1. The van der Waals surface area contributed by atoms with Crippen LogP contribution in [0.15, 0.2) is 42.5 Å². The standard InChI is InChI=1S/C13H12ClF2NO2/c1-2-3-4-5-12(18)17-9-6-7-11(10(14)8-9)19-13(15)16/h2-8,13H,1H3,(H,17,18)/b3-2+,5-4+. The lowest BCUT2D eigenvalue weighted by Gasteiger charge is -2.08. The SMILES string of the molecule is C/C=C/C=C/C(=O)Nc1ccc(OC(F)F)c(Cl)c1. The minimum absolute atomic E-state index is 0.00414. The molecule has 0 aliphatic rings. The second-order valence-electron chi connectivity index (χ2n) is 3.40. The third-order valence-electron chi connectivity index (χ3n) is 1.97. The van der Waals surface area contributed by atoms with Gasteiger partial charge >= 0.3 is 6.61 Å². The van der Waals surface area contributed by atoms with Crippen molar-refractivity contribution in [3.63, 3.8) is 0 Å². The molecule has 1 aromatic carbocycles. The molecule has 0 bridgehead atoms. The molecule has 0 aliphatic carbocycles. The molecule has 6 heteroatoms. The molecule has 0 aromatic heterocycles. The van der Waals surface area contributed by atoms with E-state index in [2.05, 4.69) is 10.1 Å². The number of hydrogen-bond donors (Lipinski definition) is 1. The normalized spacial score (nSPS) is 11.4. The van der Waals surface area contributed by atoms with E-state index >= 15 is 0 Å². The highest BCUT2D eigenvalue weighted by Gasteiger charge is 2.09. The molecule has 0 fully saturated rings. The van der Waals surface area contributed by atoms with Crippen molar-refractivity contribution in [3.05, 3.63) is 47.5 Å². The van der Waals surface area contributed by atoms with Gasteiger partial charge in [0.1, 0.15) is 5.75 Å². The Hall–Kier alpha value is -1.88. The van der Waals surface area contributed by atoms with E-state index in [0.29, 0.717) is 5.69 Å². The molecule has 1 amide bonds. The molecule has 1 rings (SSSR count). The summed E-state index contributed by atoms with van der Waals surface area (Å²) in [5.74, 6) is -0.490. The van der Waals surface area contributed by atoms with Gasteiger partial charge in [0.05, 0.1) is 5.02 Å². The Morgan fingerprint density at radius 2 is 2.16 bits per heavy atom. The Kier molecular flexibility index (Phi) is 6.02. The Labute approximate surface area is 114 Å². The predicted octanol–water partition coefficient (Wildman–Crippen LogP) is 4.01. The molecule has 0 aliphatic heterocycles. The molecular formula is C13H12ClF2NO2. The Bertz CT molecular complexity index is 501. The predicted molar refractivity (Wildman–Crippen MR) is 70.7 cm³/mol. The molecular weight excluding hydrogens is 276 g/mol. The van der Waals surface area contributed by atoms with Gasteiger partial charge in [0, 0.05) is 11.8 Å². The summed E-state index contributed by atoms with van der Waals surface area (Å²) in [5, 5.41) is 2.53. The van der Waals surface area contributed by atoms with Crippen LogP contribution >= 0.6 is 11.6 Å². The number of anilines is 1. The van der Waals surface area contributed by atoms with Crippen LogP contribution in [-0.4, -0.2) is 12.5 Å². The first-order valence-electron chi connectivity index (χ1n) is 5.37. The highest BCUT2D eigenvalue weighted by Crippen LogP contribution is 2.28. The van der Waals surface area contributed by atoms with Gasteiger partial charge in [0.25, 0.3) is 0 Å². The molecule has 0 heterocycles. The Morgan fingerprint density at radius 1 is 1.42 bits per heavy atom. The van der Waals surface area contributed by atoms with Gasteiger partial charge in [-0.25, -0.2) is 0 Å². The third kappa shape index (κ3) is 5.52. The lowest BCUT2D eigenvalue weighted by Crippen LogP contribution is -2.08. The zero-order valence-electron chi connectivity index (χ0n) is 10.1. The summed E-state index contributed by atoms with van der Waals surface area (Å²) in [6, 6.07) is 4.02. The number of halogens is 3. The maximum absolute atomic E-state index is 12.0. The van der Waals surface area contributed by atoms with Crippen LogP contribution in [0.3, 0.4) is 0 Å². The van der Waals surface area contributed by atoms with E-state index in [0.717, 1.165) is 0 Å². The number of amides is 1. The molecule has 1 aromatic rings. The van der Waals surface area contributed by atoms with Crippen molar-refractivity contribution in [1.82, 2.24) is 0 Å². The highest BCUT2D eigenvalue weighted by molar-refractivity contribution is 6.32. The van der Waals surface area contributed by atoms with Gasteiger partial charge in [0.15, 0.2) is 0 Å². The van der Waals surface area contributed by atoms with Crippen molar-refractivity contribution in [2.75, 3.05) is 5.32 Å². The molecule has 102 valence electrons. The molecule has 0 atom stereocenters. The number of hydrogen-bond acceptors (Lipinski definition) is 2. The van der Waals surface area contributed by atoms with Crippen molar-refractivity contribution in [3.8, 4) is 5.75 Å². The average Bonchev–Trinajstić information content (AvgIpc) is 2.32. The van der Waals surface area contributed by atoms with E-state index in [9.17, 15) is 13.6 Å². The lowest BCUT2D eigenvalue weighted by atomic mass is 10.3. The summed E-state index contributed by atoms with van der Waals surface area (Å²) in [4.78, 5) is 11.4. The number of allylic oxidation sites excluding steroid dienone is 3. The Balaban J connectivity index is 2.70. The summed E-state index contributed by atoms with van der Waals surface area (Å²) in [5.41, 5.74) is 0.391. The topological polar surface area (TPSA) is 38.3 Å². The number of alkyl halides is 2. The second-order valence-corrected chi connectivity index (χ2v) is 3.81. The first kappa shape index (κ1) is 15.2. The quantitative estimate of drug-likeness (QED) is 0.656. The van der Waals surface area contributed by atoms with Gasteiger partial charge in [-0.2, -0.15) is 8.78 Å². The van der Waals surface area contributed by atoms with E-state index < -0.39 is 6.61 Å². The van der Waals surface area contributed by atoms with Crippen LogP contribution in [0.5, 0.6) is 5.75 Å². The van der Waals surface area contributed by atoms with Crippen LogP contribution in [0, 0.1) is 0 Å². The van der Waals surface area contributed by atoms with Crippen molar-refractivity contribution in [1.29, 1.82) is 0 Å². The maximum Gasteiger partial charge on any atom is 0.387 e. The van der Waals surface area contributed by atoms with Crippen LogP contribution in [0.4, 0.5) is 14.5 Å². The smallest absolute Gasteiger partial charge is 0.387 e. The first-order chi connectivity index (χ1) is 9.02. The largest absolute Gasteiger partial charge is 0.433 e.